The predicted molar refractivity (Wildman–Crippen MR) is 69.0 cm³/mol. The average Bonchev–Trinajstić information content (AvgIpc) is 3.02. The number of hydrogen-bond donors (Lipinski definition) is 0. The van der Waals surface area contributed by atoms with E-state index in [0.717, 1.165) is 32.3 Å². The van der Waals surface area contributed by atoms with Crippen LogP contribution in [-0.4, -0.2) is 22.5 Å². The van der Waals surface area contributed by atoms with Gasteiger partial charge >= 0.3 is 0 Å². The summed E-state index contributed by atoms with van der Waals surface area (Å²) in [7, 11) is 0. The maximum Gasteiger partial charge on any atom is 0.176 e. The van der Waals surface area contributed by atoms with Crippen LogP contribution in [-0.2, 0) is 4.74 Å². The van der Waals surface area contributed by atoms with Gasteiger partial charge in [0.1, 0.15) is 0 Å². The second-order valence-electron chi connectivity index (χ2n) is 5.09. The molecule has 1 aliphatic heterocycles. The van der Waals surface area contributed by atoms with Crippen LogP contribution in [0, 0.1) is 0 Å². The van der Waals surface area contributed by atoms with E-state index in [1.165, 1.54) is 19.3 Å². The van der Waals surface area contributed by atoms with E-state index in [-0.39, 0.29) is 6.23 Å². The predicted octanol–water partition coefficient (Wildman–Crippen LogP) is 3.56. The lowest BCUT2D eigenvalue weighted by Crippen LogP contribution is -2.19. The molecule has 18 heavy (non-hydrogen) atoms. The summed E-state index contributed by atoms with van der Waals surface area (Å²) >= 11 is 6.32. The van der Waals surface area contributed by atoms with Crippen molar-refractivity contribution in [2.75, 3.05) is 6.61 Å². The van der Waals surface area contributed by atoms with Crippen LogP contribution in [0.5, 0.6) is 5.75 Å². The van der Waals surface area contributed by atoms with Crippen molar-refractivity contribution in [2.24, 2.45) is 0 Å². The molecule has 5 heteroatoms. The Morgan fingerprint density at radius 1 is 1.22 bits per heavy atom. The Balaban J connectivity index is 1.68. The number of ether oxygens (including phenoxy) is 2. The molecule has 1 aromatic rings. The second kappa shape index (κ2) is 5.49. The first-order valence-corrected chi connectivity index (χ1v) is 7.23. The summed E-state index contributed by atoms with van der Waals surface area (Å²) in [6.45, 7) is 0.791. The molecule has 0 spiro atoms. The van der Waals surface area contributed by atoms with Gasteiger partial charge in [-0.1, -0.05) is 18.0 Å². The SMILES string of the molecule is Clc1c(OC2CCCCC2)cnn1C1CCCO1. The highest BCUT2D eigenvalue weighted by molar-refractivity contribution is 6.31. The molecule has 0 aromatic carbocycles. The van der Waals surface area contributed by atoms with E-state index in [1.54, 1.807) is 10.9 Å². The molecule has 1 aromatic heterocycles. The largest absolute Gasteiger partial charge is 0.486 e. The van der Waals surface area contributed by atoms with E-state index in [9.17, 15) is 0 Å². The fourth-order valence-corrected chi connectivity index (χ4v) is 2.97. The molecule has 1 saturated carbocycles. The van der Waals surface area contributed by atoms with E-state index in [1.807, 2.05) is 0 Å². The molecule has 4 nitrogen and oxygen atoms in total. The van der Waals surface area contributed by atoms with Crippen molar-refractivity contribution in [1.29, 1.82) is 0 Å². The Kier molecular flexibility index (Phi) is 3.75. The number of nitrogens with zero attached hydrogens (tertiary/aromatic N) is 2. The van der Waals surface area contributed by atoms with Gasteiger partial charge in [0.25, 0.3) is 0 Å². The van der Waals surface area contributed by atoms with Crippen LogP contribution in [0.1, 0.15) is 51.2 Å². The first-order valence-electron chi connectivity index (χ1n) is 6.86. The maximum absolute atomic E-state index is 6.32. The van der Waals surface area contributed by atoms with Crippen molar-refractivity contribution in [3.8, 4) is 5.75 Å². The van der Waals surface area contributed by atoms with Crippen molar-refractivity contribution in [1.82, 2.24) is 9.78 Å². The first-order chi connectivity index (χ1) is 8.84. The van der Waals surface area contributed by atoms with Crippen molar-refractivity contribution < 1.29 is 9.47 Å². The Morgan fingerprint density at radius 2 is 2.06 bits per heavy atom. The highest BCUT2D eigenvalue weighted by Gasteiger charge is 2.24. The van der Waals surface area contributed by atoms with Crippen molar-refractivity contribution in [2.45, 2.75) is 57.3 Å². The molecule has 100 valence electrons. The standard InChI is InChI=1S/C13H19ClN2O2/c14-13-11(18-10-5-2-1-3-6-10)9-15-16(13)12-7-4-8-17-12/h9-10,12H,1-8H2. The van der Waals surface area contributed by atoms with Crippen LogP contribution in [0.3, 0.4) is 0 Å². The quantitative estimate of drug-likeness (QED) is 0.843. The van der Waals surface area contributed by atoms with E-state index in [0.29, 0.717) is 17.0 Å². The van der Waals surface area contributed by atoms with Crippen LogP contribution in [0.4, 0.5) is 0 Å². The van der Waals surface area contributed by atoms with Gasteiger partial charge in [0.2, 0.25) is 0 Å². The van der Waals surface area contributed by atoms with Crippen molar-refractivity contribution >= 4 is 11.6 Å². The summed E-state index contributed by atoms with van der Waals surface area (Å²) < 4.78 is 13.3. The summed E-state index contributed by atoms with van der Waals surface area (Å²) in [5.74, 6) is 0.707. The van der Waals surface area contributed by atoms with E-state index >= 15 is 0 Å². The van der Waals surface area contributed by atoms with Crippen LogP contribution >= 0.6 is 11.6 Å². The van der Waals surface area contributed by atoms with E-state index in [4.69, 9.17) is 21.1 Å². The van der Waals surface area contributed by atoms with Crippen LogP contribution in [0.15, 0.2) is 6.20 Å². The molecule has 0 amide bonds. The van der Waals surface area contributed by atoms with Gasteiger partial charge in [-0.05, 0) is 38.5 Å². The molecule has 3 rings (SSSR count). The van der Waals surface area contributed by atoms with Gasteiger partial charge in [0.05, 0.1) is 12.3 Å². The molecular weight excluding hydrogens is 252 g/mol. The first kappa shape index (κ1) is 12.3. The Bertz CT molecular complexity index is 396. The van der Waals surface area contributed by atoms with Gasteiger partial charge in [-0.15, -0.1) is 0 Å². The lowest BCUT2D eigenvalue weighted by atomic mass is 9.98. The topological polar surface area (TPSA) is 36.3 Å². The molecular formula is C13H19ClN2O2. The molecule has 2 heterocycles. The lowest BCUT2D eigenvalue weighted by molar-refractivity contribution is 0.0466. The van der Waals surface area contributed by atoms with E-state index < -0.39 is 0 Å². The van der Waals surface area contributed by atoms with Gasteiger partial charge in [0, 0.05) is 6.61 Å². The summed E-state index contributed by atoms with van der Waals surface area (Å²) in [4.78, 5) is 0. The van der Waals surface area contributed by atoms with Crippen molar-refractivity contribution in [3.63, 3.8) is 0 Å². The van der Waals surface area contributed by atoms with Gasteiger partial charge in [-0.25, -0.2) is 4.68 Å². The Labute approximate surface area is 112 Å². The molecule has 0 N–H and O–H groups in total. The van der Waals surface area contributed by atoms with Gasteiger partial charge < -0.3 is 9.47 Å². The minimum Gasteiger partial charge on any atom is -0.486 e. The normalized spacial score (nSPS) is 25.5. The van der Waals surface area contributed by atoms with Gasteiger partial charge in [-0.2, -0.15) is 5.10 Å². The number of aromatic nitrogens is 2. The molecule has 1 saturated heterocycles. The molecule has 0 radical (unpaired) electrons. The Morgan fingerprint density at radius 3 is 2.78 bits per heavy atom. The number of halogens is 1. The van der Waals surface area contributed by atoms with Crippen LogP contribution in [0.2, 0.25) is 5.15 Å². The van der Waals surface area contributed by atoms with Crippen LogP contribution < -0.4 is 4.74 Å². The lowest BCUT2D eigenvalue weighted by Gasteiger charge is -2.22. The second-order valence-corrected chi connectivity index (χ2v) is 5.45. The smallest absolute Gasteiger partial charge is 0.176 e. The third kappa shape index (κ3) is 2.50. The molecule has 0 bridgehead atoms. The third-order valence-corrected chi connectivity index (χ3v) is 4.09. The van der Waals surface area contributed by atoms with E-state index in [2.05, 4.69) is 5.10 Å². The fraction of sp³-hybridized carbons (Fsp3) is 0.769. The minimum atomic E-state index is -0.0128. The molecule has 1 atom stereocenters. The summed E-state index contributed by atoms with van der Waals surface area (Å²) in [6, 6.07) is 0. The zero-order chi connectivity index (χ0) is 12.4. The zero-order valence-electron chi connectivity index (χ0n) is 10.5. The molecule has 1 unspecified atom stereocenters. The summed E-state index contributed by atoms with van der Waals surface area (Å²) in [5, 5.41) is 4.87. The molecule has 1 aliphatic carbocycles. The van der Waals surface area contributed by atoms with Crippen molar-refractivity contribution in [3.05, 3.63) is 11.3 Å². The number of hydrogen-bond acceptors (Lipinski definition) is 3. The minimum absolute atomic E-state index is 0.0128. The van der Waals surface area contributed by atoms with Gasteiger partial charge in [-0.3, -0.25) is 0 Å². The summed E-state index contributed by atoms with van der Waals surface area (Å²) in [6.07, 6.45) is 10.1. The highest BCUT2D eigenvalue weighted by atomic mass is 35.5. The average molecular weight is 271 g/mol. The fourth-order valence-electron chi connectivity index (χ4n) is 2.73. The molecule has 2 aliphatic rings. The monoisotopic (exact) mass is 270 g/mol. The third-order valence-electron chi connectivity index (χ3n) is 3.73. The van der Waals surface area contributed by atoms with Gasteiger partial charge in [0.15, 0.2) is 17.1 Å². The Hall–Kier alpha value is -0.740. The van der Waals surface area contributed by atoms with Crippen LogP contribution in [0.25, 0.3) is 0 Å². The number of rotatable bonds is 3. The molecule has 2 fully saturated rings. The maximum atomic E-state index is 6.32. The highest BCUT2D eigenvalue weighted by Crippen LogP contribution is 2.33. The zero-order valence-corrected chi connectivity index (χ0v) is 11.2. The summed E-state index contributed by atoms with van der Waals surface area (Å²) in [5.41, 5.74) is 0.